The Balaban J connectivity index is 2.01. The van der Waals surface area contributed by atoms with Crippen LogP contribution in [0, 0.1) is 11.6 Å². The van der Waals surface area contributed by atoms with Gasteiger partial charge >= 0.3 is 6.09 Å². The van der Waals surface area contributed by atoms with Crippen molar-refractivity contribution in [3.05, 3.63) is 59.0 Å². The minimum Gasteiger partial charge on any atom is -0.464 e. The molecule has 3 aromatic rings. The molecule has 0 fully saturated rings. The minimum absolute atomic E-state index is 0.00842. The van der Waals surface area contributed by atoms with Gasteiger partial charge in [-0.05, 0) is 24.3 Å². The highest BCUT2D eigenvalue weighted by molar-refractivity contribution is 6.02. The molecule has 0 unspecified atom stereocenters. The summed E-state index contributed by atoms with van der Waals surface area (Å²) in [5.41, 5.74) is 2.92. The molecule has 0 saturated carbocycles. The number of hydrazone groups is 1. The third-order valence-corrected chi connectivity index (χ3v) is 3.74. The molecule has 3 rings (SSSR count). The lowest BCUT2D eigenvalue weighted by molar-refractivity contribution is 0.195. The van der Waals surface area contributed by atoms with Gasteiger partial charge in [-0.2, -0.15) is 14.7 Å². The van der Waals surface area contributed by atoms with Crippen LogP contribution in [-0.4, -0.2) is 36.7 Å². The van der Waals surface area contributed by atoms with Crippen LogP contribution >= 0.6 is 0 Å². The van der Waals surface area contributed by atoms with Gasteiger partial charge in [-0.25, -0.2) is 19.0 Å². The van der Waals surface area contributed by atoms with Crippen LogP contribution in [0.2, 0.25) is 0 Å². The van der Waals surface area contributed by atoms with Crippen molar-refractivity contribution in [1.82, 2.24) is 25.2 Å². The Morgan fingerprint density at radius 3 is 2.70 bits per heavy atom. The second kappa shape index (κ2) is 7.44. The Hall–Kier alpha value is -3.43. The van der Waals surface area contributed by atoms with Gasteiger partial charge < -0.3 is 5.11 Å². The van der Waals surface area contributed by atoms with E-state index in [2.05, 4.69) is 20.4 Å². The fraction of sp³-hybridized carbons (Fsp3) is 0.235. The van der Waals surface area contributed by atoms with Gasteiger partial charge in [0.1, 0.15) is 11.6 Å². The predicted molar refractivity (Wildman–Crippen MR) is 92.6 cm³/mol. The quantitative estimate of drug-likeness (QED) is 0.528. The lowest BCUT2D eigenvalue weighted by Gasteiger charge is -2.09. The molecule has 0 aliphatic rings. The van der Waals surface area contributed by atoms with Crippen molar-refractivity contribution in [2.45, 2.75) is 26.2 Å². The van der Waals surface area contributed by atoms with Crippen LogP contribution in [0.4, 0.5) is 13.6 Å². The first kappa shape index (κ1) is 18.4. The smallest absolute Gasteiger partial charge is 0.425 e. The van der Waals surface area contributed by atoms with Crippen LogP contribution in [0.3, 0.4) is 0 Å². The Kier molecular flexibility index (Phi) is 5.06. The molecule has 0 aliphatic heterocycles. The summed E-state index contributed by atoms with van der Waals surface area (Å²) in [5, 5.41) is 25.1. The Bertz CT molecular complexity index is 1030. The molecule has 2 aromatic heterocycles. The van der Waals surface area contributed by atoms with Gasteiger partial charge in [0.2, 0.25) is 0 Å². The van der Waals surface area contributed by atoms with Crippen molar-refractivity contribution < 1.29 is 18.7 Å². The molecule has 2 heterocycles. The first-order chi connectivity index (χ1) is 12.8. The number of benzene rings is 1. The van der Waals surface area contributed by atoms with Gasteiger partial charge in [-0.15, -0.1) is 10.2 Å². The predicted octanol–water partition coefficient (Wildman–Crippen LogP) is 2.74. The molecular formula is C17H16F2N6O2. The largest absolute Gasteiger partial charge is 0.464 e. The van der Waals surface area contributed by atoms with Crippen molar-refractivity contribution >= 4 is 17.5 Å². The molecule has 0 aliphatic carbocycles. The maximum Gasteiger partial charge on any atom is 0.425 e. The zero-order chi connectivity index (χ0) is 19.6. The summed E-state index contributed by atoms with van der Waals surface area (Å²) in [7, 11) is 0. The van der Waals surface area contributed by atoms with Crippen molar-refractivity contribution in [1.29, 1.82) is 0 Å². The Labute approximate surface area is 152 Å². The number of amides is 1. The van der Waals surface area contributed by atoms with Crippen molar-refractivity contribution in [2.75, 3.05) is 0 Å². The number of nitrogens with one attached hydrogen (secondary N) is 1. The second-order valence-electron chi connectivity index (χ2n) is 6.08. The van der Waals surface area contributed by atoms with Crippen molar-refractivity contribution in [3.63, 3.8) is 0 Å². The summed E-state index contributed by atoms with van der Waals surface area (Å²) in [4.78, 5) is 10.8. The first-order valence-electron chi connectivity index (χ1n) is 8.07. The highest BCUT2D eigenvalue weighted by Crippen LogP contribution is 2.16. The lowest BCUT2D eigenvalue weighted by atomic mass is 10.0. The zero-order valence-corrected chi connectivity index (χ0v) is 14.5. The van der Waals surface area contributed by atoms with Crippen LogP contribution in [0.25, 0.3) is 5.65 Å². The van der Waals surface area contributed by atoms with E-state index >= 15 is 0 Å². The molecule has 0 radical (unpaired) electrons. The van der Waals surface area contributed by atoms with Crippen LogP contribution < -0.4 is 5.43 Å². The average molecular weight is 374 g/mol. The molecule has 1 amide bonds. The zero-order valence-electron chi connectivity index (χ0n) is 14.5. The summed E-state index contributed by atoms with van der Waals surface area (Å²) in [5.74, 6) is -0.859. The average Bonchev–Trinajstić information content (AvgIpc) is 3.02. The second-order valence-corrected chi connectivity index (χ2v) is 6.08. The molecule has 8 nitrogen and oxygen atoms in total. The summed E-state index contributed by atoms with van der Waals surface area (Å²) in [6.45, 7) is 3.89. The van der Waals surface area contributed by atoms with E-state index in [0.29, 0.717) is 23.2 Å². The highest BCUT2D eigenvalue weighted by atomic mass is 19.1. The summed E-state index contributed by atoms with van der Waals surface area (Å²) in [6.07, 6.45) is -1.39. The number of hydrogen-bond donors (Lipinski definition) is 2. The maximum absolute atomic E-state index is 14.2. The van der Waals surface area contributed by atoms with Crippen LogP contribution in [0.15, 0.2) is 35.4 Å². The molecular weight excluding hydrogens is 358 g/mol. The number of rotatable bonds is 5. The minimum atomic E-state index is -1.40. The summed E-state index contributed by atoms with van der Waals surface area (Å²) in [6, 6.07) is 6.33. The van der Waals surface area contributed by atoms with E-state index in [4.69, 9.17) is 5.11 Å². The van der Waals surface area contributed by atoms with Crippen molar-refractivity contribution in [2.24, 2.45) is 5.10 Å². The SMILES string of the molecule is CC(C)c1nnc2ccc(CC(=NNC(=O)O)c3ccc(F)cc3F)nn12. The number of hydrogen-bond acceptors (Lipinski definition) is 5. The third-order valence-electron chi connectivity index (χ3n) is 3.74. The van der Waals surface area contributed by atoms with Gasteiger partial charge in [-0.3, -0.25) is 0 Å². The van der Waals surface area contributed by atoms with Gasteiger partial charge in [-0.1, -0.05) is 13.8 Å². The first-order valence-corrected chi connectivity index (χ1v) is 8.07. The monoisotopic (exact) mass is 374 g/mol. The van der Waals surface area contributed by atoms with E-state index < -0.39 is 17.7 Å². The van der Waals surface area contributed by atoms with E-state index in [1.54, 1.807) is 16.6 Å². The number of nitrogens with zero attached hydrogens (tertiary/aromatic N) is 5. The van der Waals surface area contributed by atoms with E-state index in [1.165, 1.54) is 6.07 Å². The molecule has 0 bridgehead atoms. The topological polar surface area (TPSA) is 105 Å². The van der Waals surface area contributed by atoms with E-state index in [-0.39, 0.29) is 23.6 Å². The number of carbonyl (C=O) groups is 1. The lowest BCUT2D eigenvalue weighted by Crippen LogP contribution is -2.20. The normalized spacial score (nSPS) is 12.0. The van der Waals surface area contributed by atoms with E-state index in [1.807, 2.05) is 19.3 Å². The molecule has 10 heteroatoms. The summed E-state index contributed by atoms with van der Waals surface area (Å²) < 4.78 is 28.9. The molecule has 2 N–H and O–H groups in total. The molecule has 1 aromatic carbocycles. The van der Waals surface area contributed by atoms with Gasteiger partial charge in [0.15, 0.2) is 11.5 Å². The Morgan fingerprint density at radius 1 is 1.26 bits per heavy atom. The van der Waals surface area contributed by atoms with Crippen LogP contribution in [0.5, 0.6) is 0 Å². The standard InChI is InChI=1S/C17H16F2N6O2/c1-9(2)16-22-21-15-6-4-11(24-25(15)16)8-14(20-23-17(26)27)12-5-3-10(18)7-13(12)19/h3-7,9,23H,8H2,1-2H3,(H,26,27). The Morgan fingerprint density at radius 2 is 2.04 bits per heavy atom. The van der Waals surface area contributed by atoms with Crippen molar-refractivity contribution in [3.8, 4) is 0 Å². The summed E-state index contributed by atoms with van der Waals surface area (Å²) >= 11 is 0. The van der Waals surface area contributed by atoms with Gasteiger partial charge in [0.05, 0.1) is 11.4 Å². The molecule has 0 spiro atoms. The number of fused-ring (bicyclic) bond motifs is 1. The molecule has 140 valence electrons. The number of halogens is 2. The fourth-order valence-corrected chi connectivity index (χ4v) is 2.50. The highest BCUT2D eigenvalue weighted by Gasteiger charge is 2.16. The maximum atomic E-state index is 14.2. The van der Waals surface area contributed by atoms with Gasteiger partial charge in [0, 0.05) is 24.0 Å². The molecule has 27 heavy (non-hydrogen) atoms. The van der Waals surface area contributed by atoms with E-state index in [9.17, 15) is 13.6 Å². The number of aromatic nitrogens is 4. The molecule has 0 saturated heterocycles. The number of carboxylic acid groups (broad SMARTS) is 1. The van der Waals surface area contributed by atoms with Crippen LogP contribution in [0.1, 0.15) is 36.8 Å². The molecule has 0 atom stereocenters. The fourth-order valence-electron chi connectivity index (χ4n) is 2.50. The third kappa shape index (κ3) is 4.05. The van der Waals surface area contributed by atoms with Crippen LogP contribution in [-0.2, 0) is 6.42 Å². The van der Waals surface area contributed by atoms with E-state index in [0.717, 1.165) is 6.07 Å². The van der Waals surface area contributed by atoms with Gasteiger partial charge in [0.25, 0.3) is 0 Å².